The Morgan fingerprint density at radius 2 is 1.78 bits per heavy atom. The van der Waals surface area contributed by atoms with Gasteiger partial charge in [0.2, 0.25) is 5.91 Å². The van der Waals surface area contributed by atoms with E-state index in [9.17, 15) is 9.59 Å². The normalized spacial score (nSPS) is 21.4. The second-order valence-electron chi connectivity index (χ2n) is 9.11. The van der Waals surface area contributed by atoms with E-state index in [1.54, 1.807) is 17.2 Å². The number of furan rings is 1. The van der Waals surface area contributed by atoms with Gasteiger partial charge in [-0.1, -0.05) is 49.6 Å². The average molecular weight is 432 g/mol. The van der Waals surface area contributed by atoms with Crippen molar-refractivity contribution in [2.45, 2.75) is 63.7 Å². The zero-order valence-corrected chi connectivity index (χ0v) is 18.4. The number of carbonyl (C=O) groups is 2. The Morgan fingerprint density at radius 3 is 2.50 bits per heavy atom. The van der Waals surface area contributed by atoms with Gasteiger partial charge in [0.15, 0.2) is 0 Å². The first-order valence-electron chi connectivity index (χ1n) is 11.5. The molecule has 166 valence electrons. The van der Waals surface area contributed by atoms with Crippen molar-refractivity contribution in [2.75, 3.05) is 0 Å². The maximum atomic E-state index is 13.7. The molecule has 0 bridgehead atoms. The van der Waals surface area contributed by atoms with Crippen molar-refractivity contribution < 1.29 is 14.0 Å². The molecule has 3 aromatic rings. The Labute approximate surface area is 188 Å². The minimum absolute atomic E-state index is 0.0948. The van der Waals surface area contributed by atoms with E-state index in [2.05, 4.69) is 5.32 Å². The molecule has 1 fully saturated rings. The molecule has 0 radical (unpaired) electrons. The standard InChI is InChI=1S/C26H29N3O3/c1-26(25(31)27-20-11-6-3-7-12-20)18-28-22(19-9-4-2-5-10-19)14-15-23(28)24(30)29(26)17-21-13-8-16-32-21/h2,4-5,8-10,13-16,20H,3,6-7,11-12,17-18H2,1H3,(H,27,31)/t26-/m1/s1. The summed E-state index contributed by atoms with van der Waals surface area (Å²) in [6.07, 6.45) is 7.09. The highest BCUT2D eigenvalue weighted by atomic mass is 16.3. The van der Waals surface area contributed by atoms with Crippen LogP contribution in [0.15, 0.2) is 65.3 Å². The van der Waals surface area contributed by atoms with Crippen molar-refractivity contribution in [1.82, 2.24) is 14.8 Å². The van der Waals surface area contributed by atoms with Crippen LogP contribution in [0, 0.1) is 0 Å². The lowest BCUT2D eigenvalue weighted by Gasteiger charge is -2.44. The van der Waals surface area contributed by atoms with Gasteiger partial charge in [0.25, 0.3) is 5.91 Å². The van der Waals surface area contributed by atoms with Crippen LogP contribution >= 0.6 is 0 Å². The maximum absolute atomic E-state index is 13.7. The number of aromatic nitrogens is 1. The minimum Gasteiger partial charge on any atom is -0.467 e. The highest BCUT2D eigenvalue weighted by Crippen LogP contribution is 2.34. The van der Waals surface area contributed by atoms with Crippen molar-refractivity contribution in [1.29, 1.82) is 0 Å². The summed E-state index contributed by atoms with van der Waals surface area (Å²) in [6.45, 7) is 2.53. The fourth-order valence-corrected chi connectivity index (χ4v) is 5.03. The zero-order chi connectivity index (χ0) is 22.1. The smallest absolute Gasteiger partial charge is 0.271 e. The zero-order valence-electron chi connectivity index (χ0n) is 18.4. The first kappa shape index (κ1) is 20.6. The Hall–Kier alpha value is -3.28. The molecule has 0 spiro atoms. The SMILES string of the molecule is C[C@]1(C(=O)NC2CCCCC2)Cn2c(ccc2-c2ccccc2)C(=O)N1Cc1ccco1. The average Bonchev–Trinajstić information content (AvgIpc) is 3.48. The van der Waals surface area contributed by atoms with E-state index < -0.39 is 5.54 Å². The Balaban J connectivity index is 1.53. The predicted molar refractivity (Wildman–Crippen MR) is 122 cm³/mol. The summed E-state index contributed by atoms with van der Waals surface area (Å²) >= 11 is 0. The Bertz CT molecular complexity index is 1100. The summed E-state index contributed by atoms with van der Waals surface area (Å²) in [5.74, 6) is 0.414. The topological polar surface area (TPSA) is 67.5 Å². The van der Waals surface area contributed by atoms with E-state index >= 15 is 0 Å². The monoisotopic (exact) mass is 431 g/mol. The van der Waals surface area contributed by atoms with E-state index in [0.29, 0.717) is 18.0 Å². The van der Waals surface area contributed by atoms with Crippen LogP contribution in [0.2, 0.25) is 0 Å². The van der Waals surface area contributed by atoms with Gasteiger partial charge < -0.3 is 19.2 Å². The summed E-state index contributed by atoms with van der Waals surface area (Å²) < 4.78 is 7.53. The molecule has 0 saturated heterocycles. The second-order valence-corrected chi connectivity index (χ2v) is 9.11. The Kier molecular flexibility index (Phi) is 5.37. The van der Waals surface area contributed by atoms with Crippen molar-refractivity contribution in [3.63, 3.8) is 0 Å². The molecule has 2 amide bonds. The lowest BCUT2D eigenvalue weighted by atomic mass is 9.91. The van der Waals surface area contributed by atoms with Crippen molar-refractivity contribution in [3.05, 3.63) is 72.3 Å². The highest BCUT2D eigenvalue weighted by Gasteiger charge is 2.48. The lowest BCUT2D eigenvalue weighted by molar-refractivity contribution is -0.134. The van der Waals surface area contributed by atoms with E-state index in [1.165, 1.54) is 6.42 Å². The van der Waals surface area contributed by atoms with Crippen LogP contribution in [0.25, 0.3) is 11.3 Å². The first-order chi connectivity index (χ1) is 15.6. The fraction of sp³-hybridized carbons (Fsp3) is 0.385. The molecule has 1 N–H and O–H groups in total. The van der Waals surface area contributed by atoms with Crippen LogP contribution in [0.3, 0.4) is 0 Å². The summed E-state index contributed by atoms with van der Waals surface area (Å²) in [6, 6.07) is 17.7. The molecule has 1 aromatic carbocycles. The number of benzene rings is 1. The van der Waals surface area contributed by atoms with Crippen LogP contribution < -0.4 is 5.32 Å². The van der Waals surface area contributed by atoms with E-state index in [4.69, 9.17) is 4.42 Å². The van der Waals surface area contributed by atoms with E-state index in [0.717, 1.165) is 36.9 Å². The summed E-state index contributed by atoms with van der Waals surface area (Å²) in [5, 5.41) is 3.26. The Morgan fingerprint density at radius 1 is 1.03 bits per heavy atom. The number of nitrogens with zero attached hydrogens (tertiary/aromatic N) is 2. The molecule has 1 aliphatic carbocycles. The number of carbonyl (C=O) groups excluding carboxylic acids is 2. The van der Waals surface area contributed by atoms with Gasteiger partial charge in [0.05, 0.1) is 19.4 Å². The highest BCUT2D eigenvalue weighted by molar-refractivity contribution is 6.00. The summed E-state index contributed by atoms with van der Waals surface area (Å²) in [7, 11) is 0. The molecule has 1 aliphatic heterocycles. The van der Waals surface area contributed by atoms with Gasteiger partial charge in [0.1, 0.15) is 17.0 Å². The predicted octanol–water partition coefficient (Wildman–Crippen LogP) is 4.61. The van der Waals surface area contributed by atoms with Crippen LogP contribution in [-0.2, 0) is 17.9 Å². The molecular formula is C26H29N3O3. The third-order valence-electron chi connectivity index (χ3n) is 6.90. The molecular weight excluding hydrogens is 402 g/mol. The van der Waals surface area contributed by atoms with Gasteiger partial charge in [0, 0.05) is 11.7 Å². The first-order valence-corrected chi connectivity index (χ1v) is 11.5. The van der Waals surface area contributed by atoms with Crippen LogP contribution in [0.4, 0.5) is 0 Å². The molecule has 6 heteroatoms. The molecule has 1 saturated carbocycles. The van der Waals surface area contributed by atoms with Crippen LogP contribution in [-0.4, -0.2) is 32.9 Å². The minimum atomic E-state index is -1.03. The molecule has 3 heterocycles. The van der Waals surface area contributed by atoms with E-state index in [1.807, 2.05) is 60.0 Å². The second kappa shape index (κ2) is 8.34. The number of amides is 2. The molecule has 0 unspecified atom stereocenters. The quantitative estimate of drug-likeness (QED) is 0.641. The maximum Gasteiger partial charge on any atom is 0.271 e. The number of nitrogens with one attached hydrogen (secondary N) is 1. The lowest BCUT2D eigenvalue weighted by Crippen LogP contribution is -2.64. The van der Waals surface area contributed by atoms with Gasteiger partial charge in [-0.3, -0.25) is 9.59 Å². The number of hydrogen-bond acceptors (Lipinski definition) is 3. The number of hydrogen-bond donors (Lipinski definition) is 1. The van der Waals surface area contributed by atoms with Gasteiger partial charge in [-0.2, -0.15) is 0 Å². The van der Waals surface area contributed by atoms with Crippen molar-refractivity contribution in [2.24, 2.45) is 0 Å². The van der Waals surface area contributed by atoms with Crippen LogP contribution in [0.1, 0.15) is 55.3 Å². The molecule has 32 heavy (non-hydrogen) atoms. The number of rotatable bonds is 5. The summed E-state index contributed by atoms with van der Waals surface area (Å²) in [4.78, 5) is 29.1. The van der Waals surface area contributed by atoms with Gasteiger partial charge in [-0.05, 0) is 49.6 Å². The van der Waals surface area contributed by atoms with Crippen molar-refractivity contribution >= 4 is 11.8 Å². The molecule has 6 nitrogen and oxygen atoms in total. The van der Waals surface area contributed by atoms with E-state index in [-0.39, 0.29) is 24.4 Å². The molecule has 5 rings (SSSR count). The van der Waals surface area contributed by atoms with Crippen LogP contribution in [0.5, 0.6) is 0 Å². The van der Waals surface area contributed by atoms with Crippen molar-refractivity contribution in [3.8, 4) is 11.3 Å². The van der Waals surface area contributed by atoms with Gasteiger partial charge >= 0.3 is 0 Å². The molecule has 1 atom stereocenters. The van der Waals surface area contributed by atoms with Gasteiger partial charge in [-0.25, -0.2) is 0 Å². The molecule has 2 aromatic heterocycles. The molecule has 2 aliphatic rings. The summed E-state index contributed by atoms with van der Waals surface area (Å²) in [5.41, 5.74) is 1.54. The largest absolute Gasteiger partial charge is 0.467 e. The third-order valence-corrected chi connectivity index (χ3v) is 6.90. The number of fused-ring (bicyclic) bond motifs is 1. The third kappa shape index (κ3) is 3.64. The van der Waals surface area contributed by atoms with Gasteiger partial charge in [-0.15, -0.1) is 0 Å². The fourth-order valence-electron chi connectivity index (χ4n) is 5.03.